The number of anilines is 1. The second kappa shape index (κ2) is 7.09. The number of rotatable bonds is 4. The van der Waals surface area contributed by atoms with Crippen molar-refractivity contribution in [3.8, 4) is 17.5 Å². The minimum atomic E-state index is -3.49. The lowest BCUT2D eigenvalue weighted by Gasteiger charge is -2.30. The normalized spacial score (nSPS) is 18.5. The van der Waals surface area contributed by atoms with E-state index in [1.165, 1.54) is 0 Å². The first-order valence-corrected chi connectivity index (χ1v) is 9.95. The average Bonchev–Trinajstić information content (AvgIpc) is 3.06. The second-order valence-electron chi connectivity index (χ2n) is 6.81. The molecule has 138 valence electrons. The largest absolute Gasteiger partial charge is 0.419 e. The number of nitrogens with zero attached hydrogens (tertiary/aromatic N) is 4. The molecule has 2 heterocycles. The Morgan fingerprint density at radius 2 is 2.00 bits per heavy atom. The van der Waals surface area contributed by atoms with Gasteiger partial charge >= 0.3 is 0 Å². The summed E-state index contributed by atoms with van der Waals surface area (Å²) in [7, 11) is 0.0354. The maximum absolute atomic E-state index is 12.8. The molecule has 0 spiro atoms. The molecule has 0 bridgehead atoms. The Morgan fingerprint density at radius 1 is 1.31 bits per heavy atom. The van der Waals surface area contributed by atoms with Gasteiger partial charge in [-0.05, 0) is 43.0 Å². The van der Waals surface area contributed by atoms with Crippen LogP contribution in [-0.4, -0.2) is 44.9 Å². The number of sulfonamides is 1. The highest BCUT2D eigenvalue weighted by Gasteiger charge is 2.28. The van der Waals surface area contributed by atoms with Gasteiger partial charge < -0.3 is 9.32 Å². The zero-order valence-corrected chi connectivity index (χ0v) is 16.0. The smallest absolute Gasteiger partial charge is 0.243 e. The SMILES string of the molecule is C[C@@H]1CCCN(S(=O)(=O)c2ccc(-c3nc(C#N)c(N(C)C)o3)cc2)C1. The molecule has 2 aromatic rings. The Kier molecular flexibility index (Phi) is 5.03. The van der Waals surface area contributed by atoms with E-state index in [2.05, 4.69) is 11.9 Å². The van der Waals surface area contributed by atoms with E-state index < -0.39 is 10.0 Å². The van der Waals surface area contributed by atoms with Crippen molar-refractivity contribution in [2.45, 2.75) is 24.7 Å². The number of hydrogen-bond acceptors (Lipinski definition) is 6. The van der Waals surface area contributed by atoms with Crippen molar-refractivity contribution in [1.29, 1.82) is 5.26 Å². The van der Waals surface area contributed by atoms with Gasteiger partial charge in [-0.3, -0.25) is 0 Å². The molecule has 1 atom stereocenters. The standard InChI is InChI=1S/C18H22N4O3S/c1-13-5-4-10-22(12-13)26(23,24)15-8-6-14(7-9-15)17-20-16(11-19)18(25-17)21(2)3/h6-9,13H,4-5,10,12H2,1-3H3/t13-/m1/s1. The maximum Gasteiger partial charge on any atom is 0.243 e. The van der Waals surface area contributed by atoms with Crippen LogP contribution in [0.2, 0.25) is 0 Å². The van der Waals surface area contributed by atoms with E-state index in [1.54, 1.807) is 47.6 Å². The van der Waals surface area contributed by atoms with E-state index in [-0.39, 0.29) is 10.6 Å². The monoisotopic (exact) mass is 374 g/mol. The molecular formula is C18H22N4O3S. The van der Waals surface area contributed by atoms with Gasteiger partial charge in [0.1, 0.15) is 6.07 Å². The summed E-state index contributed by atoms with van der Waals surface area (Å²) < 4.78 is 32.8. The Hall–Kier alpha value is -2.37. The van der Waals surface area contributed by atoms with Crippen LogP contribution in [0.5, 0.6) is 0 Å². The number of piperidine rings is 1. The summed E-state index contributed by atoms with van der Waals surface area (Å²) in [5.41, 5.74) is 0.824. The molecule has 1 aliphatic rings. The van der Waals surface area contributed by atoms with Crippen LogP contribution in [0.1, 0.15) is 25.5 Å². The molecule has 0 aliphatic carbocycles. The summed E-state index contributed by atoms with van der Waals surface area (Å²) in [6.07, 6.45) is 1.95. The topological polar surface area (TPSA) is 90.4 Å². The van der Waals surface area contributed by atoms with Crippen molar-refractivity contribution >= 4 is 15.9 Å². The van der Waals surface area contributed by atoms with Crippen LogP contribution in [0, 0.1) is 17.2 Å². The van der Waals surface area contributed by atoms with E-state index in [0.29, 0.717) is 36.3 Å². The van der Waals surface area contributed by atoms with Crippen molar-refractivity contribution in [2.75, 3.05) is 32.1 Å². The molecule has 0 amide bonds. The predicted molar refractivity (Wildman–Crippen MR) is 98.1 cm³/mol. The van der Waals surface area contributed by atoms with E-state index in [9.17, 15) is 8.42 Å². The molecule has 1 saturated heterocycles. The molecule has 0 unspecified atom stereocenters. The van der Waals surface area contributed by atoms with E-state index in [0.717, 1.165) is 12.8 Å². The molecule has 0 N–H and O–H groups in total. The lowest BCUT2D eigenvalue weighted by molar-refractivity contribution is 0.281. The van der Waals surface area contributed by atoms with Crippen molar-refractivity contribution in [3.63, 3.8) is 0 Å². The fourth-order valence-electron chi connectivity index (χ4n) is 3.09. The van der Waals surface area contributed by atoms with Crippen molar-refractivity contribution < 1.29 is 12.8 Å². The average molecular weight is 374 g/mol. The predicted octanol–water partition coefficient (Wildman–Crippen LogP) is 2.70. The van der Waals surface area contributed by atoms with Gasteiger partial charge in [0.25, 0.3) is 0 Å². The zero-order valence-electron chi connectivity index (χ0n) is 15.1. The quantitative estimate of drug-likeness (QED) is 0.817. The minimum absolute atomic E-state index is 0.198. The molecule has 1 aliphatic heterocycles. The summed E-state index contributed by atoms with van der Waals surface area (Å²) in [5, 5.41) is 9.16. The third kappa shape index (κ3) is 3.45. The maximum atomic E-state index is 12.8. The van der Waals surface area contributed by atoms with Crippen LogP contribution in [0.4, 0.5) is 5.88 Å². The van der Waals surface area contributed by atoms with Gasteiger partial charge in [-0.25, -0.2) is 8.42 Å². The van der Waals surface area contributed by atoms with Gasteiger partial charge in [0, 0.05) is 32.7 Å². The van der Waals surface area contributed by atoms with Gasteiger partial charge in [-0.1, -0.05) is 6.92 Å². The summed E-state index contributed by atoms with van der Waals surface area (Å²) in [6.45, 7) is 3.19. The highest BCUT2D eigenvalue weighted by Crippen LogP contribution is 2.29. The van der Waals surface area contributed by atoms with Crippen LogP contribution in [0.3, 0.4) is 0 Å². The van der Waals surface area contributed by atoms with Crippen molar-refractivity contribution in [1.82, 2.24) is 9.29 Å². The van der Waals surface area contributed by atoms with Crippen LogP contribution in [0.25, 0.3) is 11.5 Å². The van der Waals surface area contributed by atoms with Crippen LogP contribution < -0.4 is 4.90 Å². The molecule has 1 aromatic carbocycles. The number of aromatic nitrogens is 1. The molecule has 8 heteroatoms. The highest BCUT2D eigenvalue weighted by atomic mass is 32.2. The number of hydrogen-bond donors (Lipinski definition) is 0. The van der Waals surface area contributed by atoms with Gasteiger partial charge in [0.2, 0.25) is 27.5 Å². The Labute approximate surface area is 153 Å². The molecule has 0 saturated carbocycles. The Morgan fingerprint density at radius 3 is 2.54 bits per heavy atom. The van der Waals surface area contributed by atoms with Crippen LogP contribution in [-0.2, 0) is 10.0 Å². The van der Waals surface area contributed by atoms with Crippen molar-refractivity contribution in [2.24, 2.45) is 5.92 Å². The second-order valence-corrected chi connectivity index (χ2v) is 8.75. The molecule has 1 fully saturated rings. The summed E-state index contributed by atoms with van der Waals surface area (Å²) in [6, 6.07) is 8.45. The Bertz CT molecular complexity index is 926. The highest BCUT2D eigenvalue weighted by molar-refractivity contribution is 7.89. The van der Waals surface area contributed by atoms with Crippen LogP contribution >= 0.6 is 0 Å². The number of benzene rings is 1. The van der Waals surface area contributed by atoms with Gasteiger partial charge in [-0.15, -0.1) is 0 Å². The van der Waals surface area contributed by atoms with Crippen molar-refractivity contribution in [3.05, 3.63) is 30.0 Å². The molecular weight excluding hydrogens is 352 g/mol. The van der Waals surface area contributed by atoms with Gasteiger partial charge in [0.15, 0.2) is 0 Å². The summed E-state index contributed by atoms with van der Waals surface area (Å²) >= 11 is 0. The van der Waals surface area contributed by atoms with E-state index >= 15 is 0 Å². The minimum Gasteiger partial charge on any atom is -0.419 e. The third-order valence-electron chi connectivity index (χ3n) is 4.48. The van der Waals surface area contributed by atoms with Gasteiger partial charge in [-0.2, -0.15) is 14.6 Å². The molecule has 26 heavy (non-hydrogen) atoms. The molecule has 1 aromatic heterocycles. The first-order valence-electron chi connectivity index (χ1n) is 8.51. The van der Waals surface area contributed by atoms with E-state index in [4.69, 9.17) is 9.68 Å². The lowest BCUT2D eigenvalue weighted by Crippen LogP contribution is -2.39. The molecule has 3 rings (SSSR count). The third-order valence-corrected chi connectivity index (χ3v) is 6.36. The first-order chi connectivity index (χ1) is 12.3. The molecule has 0 radical (unpaired) electrons. The fraction of sp³-hybridized carbons (Fsp3) is 0.444. The summed E-state index contributed by atoms with van der Waals surface area (Å²) in [5.74, 6) is 1.04. The number of oxazole rings is 1. The zero-order chi connectivity index (χ0) is 18.9. The molecule has 7 nitrogen and oxygen atoms in total. The van der Waals surface area contributed by atoms with Crippen LogP contribution in [0.15, 0.2) is 33.6 Å². The lowest BCUT2D eigenvalue weighted by atomic mass is 10.0. The number of nitriles is 1. The van der Waals surface area contributed by atoms with E-state index in [1.807, 2.05) is 6.07 Å². The summed E-state index contributed by atoms with van der Waals surface area (Å²) in [4.78, 5) is 6.11. The first kappa shape index (κ1) is 18.4. The Balaban J connectivity index is 1.88. The van der Waals surface area contributed by atoms with Gasteiger partial charge in [0.05, 0.1) is 4.90 Å². The fourth-order valence-corrected chi connectivity index (χ4v) is 4.69.